The number of aliphatic hydroxyl groups is 1. The summed E-state index contributed by atoms with van der Waals surface area (Å²) in [7, 11) is 0. The first-order chi connectivity index (χ1) is 10.1. The second-order valence-corrected chi connectivity index (χ2v) is 6.40. The standard InChI is InChI=1S/C14H23N3O3S/c1-11(14-15-12(10-21-14)8-13(19)20)9-17-4-2-16(3-5-17)6-7-18/h10-11,18H,2-9H2,1H3,(H,19,20). The molecule has 1 unspecified atom stereocenters. The first-order valence-electron chi connectivity index (χ1n) is 7.30. The molecule has 0 bridgehead atoms. The number of aliphatic hydroxyl groups excluding tert-OH is 1. The third-order valence-electron chi connectivity index (χ3n) is 3.74. The number of rotatable bonds is 7. The van der Waals surface area contributed by atoms with Gasteiger partial charge in [0, 0.05) is 50.6 Å². The van der Waals surface area contributed by atoms with E-state index in [1.807, 2.05) is 5.38 Å². The quantitative estimate of drug-likeness (QED) is 0.763. The highest BCUT2D eigenvalue weighted by Crippen LogP contribution is 2.22. The van der Waals surface area contributed by atoms with Gasteiger partial charge in [-0.1, -0.05) is 6.92 Å². The van der Waals surface area contributed by atoms with Crippen LogP contribution in [0.15, 0.2) is 5.38 Å². The summed E-state index contributed by atoms with van der Waals surface area (Å²) in [5.74, 6) is -0.513. The van der Waals surface area contributed by atoms with Gasteiger partial charge in [0.1, 0.15) is 0 Å². The number of carbonyl (C=O) groups is 1. The zero-order valence-corrected chi connectivity index (χ0v) is 13.2. The highest BCUT2D eigenvalue weighted by Gasteiger charge is 2.20. The van der Waals surface area contributed by atoms with Crippen LogP contribution >= 0.6 is 11.3 Å². The molecule has 2 N–H and O–H groups in total. The van der Waals surface area contributed by atoms with Gasteiger partial charge in [0.15, 0.2) is 0 Å². The molecule has 1 atom stereocenters. The fraction of sp³-hybridized carbons (Fsp3) is 0.714. The summed E-state index contributed by atoms with van der Waals surface area (Å²) in [4.78, 5) is 19.8. The van der Waals surface area contributed by atoms with Crippen molar-refractivity contribution in [2.24, 2.45) is 0 Å². The minimum absolute atomic E-state index is 0.00303. The lowest BCUT2D eigenvalue weighted by Crippen LogP contribution is -2.47. The maximum atomic E-state index is 10.7. The minimum Gasteiger partial charge on any atom is -0.481 e. The van der Waals surface area contributed by atoms with E-state index in [4.69, 9.17) is 10.2 Å². The van der Waals surface area contributed by atoms with Gasteiger partial charge >= 0.3 is 5.97 Å². The molecule has 1 saturated heterocycles. The lowest BCUT2D eigenvalue weighted by atomic mass is 10.1. The molecule has 1 aliphatic heterocycles. The zero-order chi connectivity index (χ0) is 15.2. The Hall–Kier alpha value is -1.02. The van der Waals surface area contributed by atoms with Gasteiger partial charge < -0.3 is 15.1 Å². The molecule has 0 aliphatic carbocycles. The molecular formula is C14H23N3O3S. The van der Waals surface area contributed by atoms with Crippen LogP contribution < -0.4 is 0 Å². The topological polar surface area (TPSA) is 76.9 Å². The number of aliphatic carboxylic acids is 1. The van der Waals surface area contributed by atoms with Crippen molar-refractivity contribution in [2.45, 2.75) is 19.3 Å². The predicted molar refractivity (Wildman–Crippen MR) is 81.8 cm³/mol. The molecule has 0 saturated carbocycles. The van der Waals surface area contributed by atoms with E-state index < -0.39 is 5.97 Å². The molecule has 7 heteroatoms. The third-order valence-corrected chi connectivity index (χ3v) is 4.86. The third kappa shape index (κ3) is 5.03. The van der Waals surface area contributed by atoms with Crippen molar-refractivity contribution in [2.75, 3.05) is 45.9 Å². The van der Waals surface area contributed by atoms with Crippen LogP contribution in [-0.2, 0) is 11.2 Å². The molecule has 0 spiro atoms. The zero-order valence-electron chi connectivity index (χ0n) is 12.4. The summed E-state index contributed by atoms with van der Waals surface area (Å²) < 4.78 is 0. The first kappa shape index (κ1) is 16.4. The van der Waals surface area contributed by atoms with E-state index in [0.717, 1.165) is 44.3 Å². The van der Waals surface area contributed by atoms with Crippen molar-refractivity contribution in [3.63, 3.8) is 0 Å². The van der Waals surface area contributed by atoms with Gasteiger partial charge in [0.05, 0.1) is 23.7 Å². The van der Waals surface area contributed by atoms with E-state index in [2.05, 4.69) is 21.7 Å². The van der Waals surface area contributed by atoms with Crippen LogP contribution in [0.25, 0.3) is 0 Å². The van der Waals surface area contributed by atoms with E-state index in [0.29, 0.717) is 11.6 Å². The molecule has 1 fully saturated rings. The van der Waals surface area contributed by atoms with Crippen LogP contribution in [0, 0.1) is 0 Å². The summed E-state index contributed by atoms with van der Waals surface area (Å²) in [6.45, 7) is 8.09. The molecule has 0 aromatic carbocycles. The van der Waals surface area contributed by atoms with Crippen LogP contribution in [0.3, 0.4) is 0 Å². The molecule has 6 nitrogen and oxygen atoms in total. The maximum Gasteiger partial charge on any atom is 0.309 e. The average Bonchev–Trinajstić information content (AvgIpc) is 2.89. The highest BCUT2D eigenvalue weighted by atomic mass is 32.1. The number of β-amino-alcohol motifs (C(OH)–C–C–N with tert-alkyl or cyclic N) is 1. The van der Waals surface area contributed by atoms with Crippen molar-refractivity contribution >= 4 is 17.3 Å². The second kappa shape index (κ2) is 7.84. The van der Waals surface area contributed by atoms with E-state index in [9.17, 15) is 4.79 Å². The van der Waals surface area contributed by atoms with Gasteiger partial charge in [0.2, 0.25) is 0 Å². The normalized spacial score (nSPS) is 18.8. The summed E-state index contributed by atoms with van der Waals surface area (Å²) in [5, 5.41) is 20.6. The Morgan fingerprint density at radius 1 is 1.38 bits per heavy atom. The van der Waals surface area contributed by atoms with Crippen LogP contribution in [0.4, 0.5) is 0 Å². The molecular weight excluding hydrogens is 290 g/mol. The minimum atomic E-state index is -0.834. The average molecular weight is 313 g/mol. The van der Waals surface area contributed by atoms with E-state index >= 15 is 0 Å². The molecule has 21 heavy (non-hydrogen) atoms. The monoisotopic (exact) mass is 313 g/mol. The van der Waals surface area contributed by atoms with Crippen molar-refractivity contribution in [1.29, 1.82) is 0 Å². The van der Waals surface area contributed by atoms with Gasteiger partial charge in [-0.3, -0.25) is 9.69 Å². The molecule has 1 aromatic heterocycles. The van der Waals surface area contributed by atoms with E-state index in [1.165, 1.54) is 0 Å². The number of carboxylic acids is 1. The molecule has 2 heterocycles. The maximum absolute atomic E-state index is 10.7. The van der Waals surface area contributed by atoms with Gasteiger partial charge in [-0.25, -0.2) is 4.98 Å². The van der Waals surface area contributed by atoms with Crippen molar-refractivity contribution < 1.29 is 15.0 Å². The molecule has 0 radical (unpaired) electrons. The van der Waals surface area contributed by atoms with Gasteiger partial charge in [-0.15, -0.1) is 11.3 Å². The lowest BCUT2D eigenvalue weighted by Gasteiger charge is -2.35. The van der Waals surface area contributed by atoms with Crippen molar-refractivity contribution in [1.82, 2.24) is 14.8 Å². The fourth-order valence-electron chi connectivity index (χ4n) is 2.59. The Labute approximate surface area is 129 Å². The Kier molecular flexibility index (Phi) is 6.10. The number of piperazine rings is 1. The number of thiazole rings is 1. The number of hydrogen-bond donors (Lipinski definition) is 2. The largest absolute Gasteiger partial charge is 0.481 e. The molecule has 1 aliphatic rings. The molecule has 118 valence electrons. The van der Waals surface area contributed by atoms with Gasteiger partial charge in [-0.2, -0.15) is 0 Å². The molecule has 0 amide bonds. The van der Waals surface area contributed by atoms with E-state index in [1.54, 1.807) is 11.3 Å². The summed E-state index contributed by atoms with van der Waals surface area (Å²) in [6.07, 6.45) is 0.00303. The summed E-state index contributed by atoms with van der Waals surface area (Å²) in [5.41, 5.74) is 0.655. The van der Waals surface area contributed by atoms with Gasteiger partial charge in [-0.05, 0) is 0 Å². The van der Waals surface area contributed by atoms with Crippen LogP contribution in [0.2, 0.25) is 0 Å². The highest BCUT2D eigenvalue weighted by molar-refractivity contribution is 7.09. The predicted octanol–water partition coefficient (Wildman–Crippen LogP) is 0.484. The first-order valence-corrected chi connectivity index (χ1v) is 8.18. The van der Waals surface area contributed by atoms with Crippen molar-refractivity contribution in [3.05, 3.63) is 16.1 Å². The summed E-state index contributed by atoms with van der Waals surface area (Å²) >= 11 is 1.55. The van der Waals surface area contributed by atoms with Crippen LogP contribution in [-0.4, -0.2) is 76.8 Å². The van der Waals surface area contributed by atoms with E-state index in [-0.39, 0.29) is 13.0 Å². The number of nitrogens with zero attached hydrogens (tertiary/aromatic N) is 3. The SMILES string of the molecule is CC(CN1CCN(CCO)CC1)c1nc(CC(=O)O)cs1. The molecule has 2 rings (SSSR count). The van der Waals surface area contributed by atoms with Gasteiger partial charge in [0.25, 0.3) is 0 Å². The van der Waals surface area contributed by atoms with Crippen LogP contribution in [0.1, 0.15) is 23.5 Å². The Morgan fingerprint density at radius 2 is 2.05 bits per heavy atom. The number of aromatic nitrogens is 1. The Balaban J connectivity index is 1.80. The summed E-state index contributed by atoms with van der Waals surface area (Å²) in [6, 6.07) is 0. The smallest absolute Gasteiger partial charge is 0.309 e. The number of carboxylic acid groups (broad SMARTS) is 1. The van der Waals surface area contributed by atoms with Crippen LogP contribution in [0.5, 0.6) is 0 Å². The van der Waals surface area contributed by atoms with Crippen molar-refractivity contribution in [3.8, 4) is 0 Å². The Bertz CT molecular complexity index is 458. The lowest BCUT2D eigenvalue weighted by molar-refractivity contribution is -0.136. The molecule has 1 aromatic rings. The number of hydrogen-bond acceptors (Lipinski definition) is 6. The second-order valence-electron chi connectivity index (χ2n) is 5.51. The fourth-order valence-corrected chi connectivity index (χ4v) is 3.46. The Morgan fingerprint density at radius 3 is 2.67 bits per heavy atom.